The van der Waals surface area contributed by atoms with E-state index in [1.54, 1.807) is 0 Å². The van der Waals surface area contributed by atoms with Crippen molar-refractivity contribution in [3.63, 3.8) is 0 Å². The minimum atomic E-state index is -0.0733. The van der Waals surface area contributed by atoms with Crippen LogP contribution >= 0.6 is 0 Å². The fourth-order valence-electron chi connectivity index (χ4n) is 5.22. The van der Waals surface area contributed by atoms with E-state index in [0.29, 0.717) is 39.5 Å². The van der Waals surface area contributed by atoms with Crippen LogP contribution in [0.1, 0.15) is 35.4 Å². The van der Waals surface area contributed by atoms with Crippen molar-refractivity contribution in [1.82, 2.24) is 10.3 Å². The molecule has 0 spiro atoms. The third-order valence-electron chi connectivity index (χ3n) is 7.34. The summed E-state index contributed by atoms with van der Waals surface area (Å²) in [6.07, 6.45) is 3.11. The summed E-state index contributed by atoms with van der Waals surface area (Å²) in [6, 6.07) is 28.8. The number of aromatic nitrogens is 1. The number of aliphatic hydroxyl groups excluding tert-OH is 1. The second kappa shape index (κ2) is 15.6. The number of fused-ring (bicyclic) bond motifs is 1. The maximum atomic E-state index is 9.27. The molecule has 0 bridgehead atoms. The van der Waals surface area contributed by atoms with Gasteiger partial charge in [0.2, 0.25) is 0 Å². The summed E-state index contributed by atoms with van der Waals surface area (Å²) in [5, 5.41) is 13.9. The van der Waals surface area contributed by atoms with E-state index >= 15 is 0 Å². The highest BCUT2D eigenvalue weighted by atomic mass is 16.5. The fourth-order valence-corrected chi connectivity index (χ4v) is 5.22. The number of hydrogen-bond donors (Lipinski definition) is 2. The highest BCUT2D eigenvalue weighted by Gasteiger charge is 2.36. The zero-order valence-electron chi connectivity index (χ0n) is 23.5. The first kappa shape index (κ1) is 29.2. The number of rotatable bonds is 15. The molecule has 216 valence electrons. The molecule has 1 aliphatic heterocycles. The van der Waals surface area contributed by atoms with Gasteiger partial charge in [0.15, 0.2) is 0 Å². The van der Waals surface area contributed by atoms with E-state index in [1.807, 2.05) is 42.6 Å². The molecule has 2 heterocycles. The van der Waals surface area contributed by atoms with E-state index in [2.05, 4.69) is 58.8 Å². The maximum Gasteiger partial charge on any atom is 0.119 e. The number of benzene rings is 3. The molecule has 1 aromatic heterocycles. The van der Waals surface area contributed by atoms with E-state index in [-0.39, 0.29) is 24.7 Å². The minimum absolute atomic E-state index is 0.0500. The second-order valence-electron chi connectivity index (χ2n) is 10.4. The van der Waals surface area contributed by atoms with Gasteiger partial charge in [-0.3, -0.25) is 4.98 Å². The molecule has 7 nitrogen and oxygen atoms in total. The molecular formula is C34H40N2O5. The third kappa shape index (κ3) is 8.58. The first-order valence-electron chi connectivity index (χ1n) is 14.5. The average Bonchev–Trinajstić information content (AvgIpc) is 3.02. The number of ether oxygens (including phenoxy) is 4. The van der Waals surface area contributed by atoms with Gasteiger partial charge in [0.25, 0.3) is 0 Å². The Bertz CT molecular complexity index is 1320. The van der Waals surface area contributed by atoms with Crippen LogP contribution in [0.5, 0.6) is 5.75 Å². The molecule has 1 saturated heterocycles. The van der Waals surface area contributed by atoms with E-state index in [4.69, 9.17) is 18.9 Å². The summed E-state index contributed by atoms with van der Waals surface area (Å²) in [7, 11) is 0. The highest BCUT2D eigenvalue weighted by Crippen LogP contribution is 2.32. The Kier molecular flexibility index (Phi) is 11.1. The molecule has 0 radical (unpaired) electrons. The predicted molar refractivity (Wildman–Crippen MR) is 160 cm³/mol. The largest absolute Gasteiger partial charge is 0.494 e. The molecule has 1 aliphatic rings. The van der Waals surface area contributed by atoms with Crippen LogP contribution in [0, 0.1) is 0 Å². The molecule has 2 N–H and O–H groups in total. The fraction of sp³-hybridized carbons (Fsp3) is 0.382. The topological polar surface area (TPSA) is 82.1 Å². The number of piperidine rings is 1. The van der Waals surface area contributed by atoms with Gasteiger partial charge in [0, 0.05) is 50.2 Å². The first-order valence-corrected chi connectivity index (χ1v) is 14.5. The standard InChI is InChI=1S/C34H40N2O5/c37-17-5-19-40-32-22-35-23-33(41-25-27-10-11-28-9-4-16-36-31(28)21-27)34(32)29-12-14-30(15-13-29)39-20-6-18-38-24-26-7-2-1-3-8-26/h1-4,7-16,21,32-35,37H,5-6,17-20,22-25H2. The summed E-state index contributed by atoms with van der Waals surface area (Å²) >= 11 is 0. The molecule has 0 saturated carbocycles. The second-order valence-corrected chi connectivity index (χ2v) is 10.4. The van der Waals surface area contributed by atoms with Gasteiger partial charge in [-0.2, -0.15) is 0 Å². The normalized spacial score (nSPS) is 18.9. The number of nitrogens with zero attached hydrogens (tertiary/aromatic N) is 1. The van der Waals surface area contributed by atoms with Crippen molar-refractivity contribution in [3.05, 3.63) is 108 Å². The lowest BCUT2D eigenvalue weighted by Gasteiger charge is -2.39. The zero-order valence-corrected chi connectivity index (χ0v) is 23.5. The molecule has 3 atom stereocenters. The van der Waals surface area contributed by atoms with Crippen molar-refractivity contribution >= 4 is 10.9 Å². The summed E-state index contributed by atoms with van der Waals surface area (Å²) in [5.41, 5.74) is 4.39. The van der Waals surface area contributed by atoms with Crippen LogP contribution in [-0.2, 0) is 27.4 Å². The lowest BCUT2D eigenvalue weighted by Crippen LogP contribution is -2.50. The molecule has 1 fully saturated rings. The van der Waals surface area contributed by atoms with E-state index in [1.165, 1.54) is 5.56 Å². The predicted octanol–water partition coefficient (Wildman–Crippen LogP) is 5.26. The Labute approximate surface area is 242 Å². The van der Waals surface area contributed by atoms with Crippen LogP contribution in [0.15, 0.2) is 91.1 Å². The Morgan fingerprint density at radius 2 is 1.59 bits per heavy atom. The summed E-state index contributed by atoms with van der Waals surface area (Å²) < 4.78 is 24.5. The van der Waals surface area contributed by atoms with Crippen molar-refractivity contribution < 1.29 is 24.1 Å². The Morgan fingerprint density at radius 1 is 0.756 bits per heavy atom. The van der Waals surface area contributed by atoms with Gasteiger partial charge in [-0.25, -0.2) is 0 Å². The van der Waals surface area contributed by atoms with Crippen LogP contribution < -0.4 is 10.1 Å². The summed E-state index contributed by atoms with van der Waals surface area (Å²) in [6.45, 7) is 4.46. The van der Waals surface area contributed by atoms with Crippen LogP contribution in [0.4, 0.5) is 0 Å². The van der Waals surface area contributed by atoms with Gasteiger partial charge in [-0.15, -0.1) is 0 Å². The summed E-state index contributed by atoms with van der Waals surface area (Å²) in [5.74, 6) is 0.888. The Morgan fingerprint density at radius 3 is 2.41 bits per heavy atom. The number of pyridine rings is 1. The molecular weight excluding hydrogens is 516 g/mol. The quantitative estimate of drug-likeness (QED) is 0.193. The van der Waals surface area contributed by atoms with Gasteiger partial charge < -0.3 is 29.4 Å². The molecule has 0 amide bonds. The van der Waals surface area contributed by atoms with Crippen LogP contribution in [0.2, 0.25) is 0 Å². The Balaban J connectivity index is 1.17. The van der Waals surface area contributed by atoms with Crippen LogP contribution in [0.3, 0.4) is 0 Å². The molecule has 41 heavy (non-hydrogen) atoms. The molecule has 7 heteroatoms. The molecule has 3 aromatic carbocycles. The van der Waals surface area contributed by atoms with Crippen molar-refractivity contribution in [2.24, 2.45) is 0 Å². The molecule has 5 rings (SSSR count). The van der Waals surface area contributed by atoms with Gasteiger partial charge in [0.1, 0.15) is 5.75 Å². The smallest absolute Gasteiger partial charge is 0.119 e. The van der Waals surface area contributed by atoms with Crippen molar-refractivity contribution in [2.75, 3.05) is 39.5 Å². The van der Waals surface area contributed by atoms with Crippen molar-refractivity contribution in [1.29, 1.82) is 0 Å². The van der Waals surface area contributed by atoms with E-state index < -0.39 is 0 Å². The molecule has 3 unspecified atom stereocenters. The van der Waals surface area contributed by atoms with Gasteiger partial charge in [0.05, 0.1) is 44.2 Å². The van der Waals surface area contributed by atoms with E-state index in [9.17, 15) is 5.11 Å². The first-order chi connectivity index (χ1) is 20.3. The Hall–Kier alpha value is -3.33. The zero-order chi connectivity index (χ0) is 28.1. The van der Waals surface area contributed by atoms with Crippen LogP contribution in [-0.4, -0.2) is 61.8 Å². The van der Waals surface area contributed by atoms with Crippen molar-refractivity contribution in [2.45, 2.75) is 44.2 Å². The van der Waals surface area contributed by atoms with Gasteiger partial charge in [-0.1, -0.05) is 60.7 Å². The molecule has 4 aromatic rings. The average molecular weight is 557 g/mol. The number of nitrogens with one attached hydrogen (secondary N) is 1. The third-order valence-corrected chi connectivity index (χ3v) is 7.34. The summed E-state index contributed by atoms with van der Waals surface area (Å²) in [4.78, 5) is 4.48. The molecule has 0 aliphatic carbocycles. The number of aliphatic hydroxyl groups is 1. The monoisotopic (exact) mass is 556 g/mol. The van der Waals surface area contributed by atoms with Gasteiger partial charge >= 0.3 is 0 Å². The maximum absolute atomic E-state index is 9.27. The van der Waals surface area contributed by atoms with E-state index in [0.717, 1.165) is 47.3 Å². The number of hydrogen-bond acceptors (Lipinski definition) is 7. The SMILES string of the molecule is OCCCOC1CNCC(OCc2ccc3cccnc3c2)C1c1ccc(OCCCOCc2ccccc2)cc1. The van der Waals surface area contributed by atoms with Crippen molar-refractivity contribution in [3.8, 4) is 5.75 Å². The minimum Gasteiger partial charge on any atom is -0.494 e. The van der Waals surface area contributed by atoms with Crippen LogP contribution in [0.25, 0.3) is 10.9 Å². The lowest BCUT2D eigenvalue weighted by atomic mass is 9.85. The highest BCUT2D eigenvalue weighted by molar-refractivity contribution is 5.78. The lowest BCUT2D eigenvalue weighted by molar-refractivity contribution is -0.0616. The van der Waals surface area contributed by atoms with Gasteiger partial charge in [-0.05, 0) is 47.4 Å².